The van der Waals surface area contributed by atoms with Crippen molar-refractivity contribution in [2.45, 2.75) is 4.90 Å². The van der Waals surface area contributed by atoms with E-state index in [0.717, 1.165) is 28.8 Å². The molecule has 0 heterocycles. The van der Waals surface area contributed by atoms with Crippen LogP contribution in [0.5, 0.6) is 0 Å². The van der Waals surface area contributed by atoms with E-state index in [9.17, 15) is 8.78 Å². The molecule has 0 fully saturated rings. The zero-order valence-corrected chi connectivity index (χ0v) is 12.2. The van der Waals surface area contributed by atoms with Gasteiger partial charge in [-0.25, -0.2) is 8.78 Å². The van der Waals surface area contributed by atoms with Crippen LogP contribution >= 0.6 is 24.0 Å². The molecule has 2 aromatic carbocycles. The van der Waals surface area contributed by atoms with E-state index >= 15 is 0 Å². The fourth-order valence-electron chi connectivity index (χ4n) is 1.58. The zero-order chi connectivity index (χ0) is 14.5. The van der Waals surface area contributed by atoms with E-state index in [4.69, 9.17) is 12.2 Å². The van der Waals surface area contributed by atoms with Gasteiger partial charge in [0.1, 0.15) is 11.6 Å². The molecule has 20 heavy (non-hydrogen) atoms. The number of benzene rings is 2. The molecule has 0 atom stereocenters. The van der Waals surface area contributed by atoms with Crippen LogP contribution in [0.25, 0.3) is 0 Å². The summed E-state index contributed by atoms with van der Waals surface area (Å²) in [5.41, 5.74) is 0.787. The van der Waals surface area contributed by atoms with Crippen molar-refractivity contribution >= 4 is 40.5 Å². The van der Waals surface area contributed by atoms with Crippen molar-refractivity contribution in [3.05, 3.63) is 54.1 Å². The summed E-state index contributed by atoms with van der Waals surface area (Å²) in [7, 11) is 0. The first-order valence-corrected chi connectivity index (χ1v) is 7.39. The van der Waals surface area contributed by atoms with Crippen molar-refractivity contribution in [1.82, 2.24) is 0 Å². The lowest BCUT2D eigenvalue weighted by molar-refractivity contribution is 0.604. The first-order valence-electron chi connectivity index (χ1n) is 5.75. The smallest absolute Gasteiger partial charge is 0.175 e. The normalized spacial score (nSPS) is 10.2. The molecule has 0 aliphatic heterocycles. The Kier molecular flexibility index (Phi) is 4.92. The van der Waals surface area contributed by atoms with E-state index in [0.29, 0.717) is 0 Å². The average Bonchev–Trinajstić information content (AvgIpc) is 2.43. The average molecular weight is 310 g/mol. The molecule has 2 rings (SSSR count). The Bertz CT molecular complexity index is 632. The van der Waals surface area contributed by atoms with E-state index in [1.165, 1.54) is 0 Å². The van der Waals surface area contributed by atoms with Crippen LogP contribution < -0.4 is 10.6 Å². The molecule has 0 amide bonds. The summed E-state index contributed by atoms with van der Waals surface area (Å²) >= 11 is 6.69. The van der Waals surface area contributed by atoms with Gasteiger partial charge >= 0.3 is 0 Å². The predicted molar refractivity (Wildman–Crippen MR) is 84.4 cm³/mol. The van der Waals surface area contributed by atoms with Crippen LogP contribution in [0.2, 0.25) is 0 Å². The Hall–Kier alpha value is -1.66. The summed E-state index contributed by atoms with van der Waals surface area (Å²) in [4.78, 5) is 1.08. The van der Waals surface area contributed by atoms with Crippen molar-refractivity contribution in [2.24, 2.45) is 0 Å². The van der Waals surface area contributed by atoms with E-state index in [2.05, 4.69) is 10.6 Å². The van der Waals surface area contributed by atoms with Gasteiger partial charge in [-0.05, 0) is 48.8 Å². The number of rotatable bonds is 3. The lowest BCUT2D eigenvalue weighted by atomic mass is 10.3. The third-order valence-electron chi connectivity index (χ3n) is 2.50. The van der Waals surface area contributed by atoms with Crippen LogP contribution in [-0.4, -0.2) is 11.4 Å². The van der Waals surface area contributed by atoms with Gasteiger partial charge in [0.05, 0.1) is 5.69 Å². The predicted octanol–water partition coefficient (Wildman–Crippen LogP) is 4.50. The first kappa shape index (κ1) is 14.7. The monoisotopic (exact) mass is 310 g/mol. The molecule has 0 aliphatic rings. The Morgan fingerprint density at radius 2 is 1.90 bits per heavy atom. The summed E-state index contributed by atoms with van der Waals surface area (Å²) in [6.45, 7) is 0. The lowest BCUT2D eigenvalue weighted by Crippen LogP contribution is -2.19. The molecular weight excluding hydrogens is 298 g/mol. The van der Waals surface area contributed by atoms with Gasteiger partial charge in [-0.15, -0.1) is 11.8 Å². The molecule has 6 heteroatoms. The Morgan fingerprint density at radius 3 is 2.65 bits per heavy atom. The highest BCUT2D eigenvalue weighted by atomic mass is 32.2. The molecule has 104 valence electrons. The third-order valence-corrected chi connectivity index (χ3v) is 3.43. The lowest BCUT2D eigenvalue weighted by Gasteiger charge is -2.11. The molecule has 0 aromatic heterocycles. The van der Waals surface area contributed by atoms with E-state index in [-0.39, 0.29) is 10.8 Å². The SMILES string of the molecule is CSc1cccc(NC(=S)Nc2cc(F)ccc2F)c1. The van der Waals surface area contributed by atoms with Gasteiger partial charge in [0.15, 0.2) is 5.11 Å². The zero-order valence-electron chi connectivity index (χ0n) is 10.6. The second kappa shape index (κ2) is 6.67. The van der Waals surface area contributed by atoms with Gasteiger partial charge < -0.3 is 10.6 Å². The molecular formula is C14H12F2N2S2. The van der Waals surface area contributed by atoms with Gasteiger partial charge in [0.25, 0.3) is 0 Å². The van der Waals surface area contributed by atoms with Crippen molar-refractivity contribution in [3.63, 3.8) is 0 Å². The largest absolute Gasteiger partial charge is 0.332 e. The minimum absolute atomic E-state index is 0.00326. The molecule has 0 unspecified atom stereocenters. The van der Waals surface area contributed by atoms with Gasteiger partial charge in [0, 0.05) is 16.6 Å². The topological polar surface area (TPSA) is 24.1 Å². The van der Waals surface area contributed by atoms with Gasteiger partial charge in [0.2, 0.25) is 0 Å². The molecule has 0 saturated heterocycles. The van der Waals surface area contributed by atoms with Crippen LogP contribution in [0.1, 0.15) is 0 Å². The van der Waals surface area contributed by atoms with Gasteiger partial charge in [-0.2, -0.15) is 0 Å². The maximum Gasteiger partial charge on any atom is 0.175 e. The molecule has 0 spiro atoms. The fourth-order valence-corrected chi connectivity index (χ4v) is 2.27. The van der Waals surface area contributed by atoms with Crippen molar-refractivity contribution in [3.8, 4) is 0 Å². The molecule has 2 nitrogen and oxygen atoms in total. The van der Waals surface area contributed by atoms with Crippen LogP contribution in [0, 0.1) is 11.6 Å². The maximum atomic E-state index is 13.5. The standard InChI is InChI=1S/C14H12F2N2S2/c1-20-11-4-2-3-10(8-11)17-14(19)18-13-7-9(15)5-6-12(13)16/h2-8H,1H3,(H2,17,18,19). The van der Waals surface area contributed by atoms with Crippen LogP contribution in [-0.2, 0) is 0 Å². The summed E-state index contributed by atoms with van der Waals surface area (Å²) < 4.78 is 26.5. The minimum Gasteiger partial charge on any atom is -0.332 e. The van der Waals surface area contributed by atoms with Crippen molar-refractivity contribution < 1.29 is 8.78 Å². The molecule has 2 aromatic rings. The second-order valence-electron chi connectivity index (χ2n) is 3.94. The van der Waals surface area contributed by atoms with Crippen LogP contribution in [0.4, 0.5) is 20.2 Å². The third kappa shape index (κ3) is 3.91. The molecule has 0 saturated carbocycles. The quantitative estimate of drug-likeness (QED) is 0.644. The highest BCUT2D eigenvalue weighted by Crippen LogP contribution is 2.20. The summed E-state index contributed by atoms with van der Waals surface area (Å²) in [6, 6.07) is 10.8. The Balaban J connectivity index is 2.07. The number of halogens is 2. The summed E-state index contributed by atoms with van der Waals surface area (Å²) in [5, 5.41) is 5.77. The number of hydrogen-bond acceptors (Lipinski definition) is 2. The van der Waals surface area contributed by atoms with Gasteiger partial charge in [-0.1, -0.05) is 6.07 Å². The highest BCUT2D eigenvalue weighted by Gasteiger charge is 2.06. The summed E-state index contributed by atoms with van der Waals surface area (Å²) in [5.74, 6) is -1.09. The molecule has 2 N–H and O–H groups in total. The number of hydrogen-bond donors (Lipinski definition) is 2. The van der Waals surface area contributed by atoms with E-state index < -0.39 is 11.6 Å². The molecule has 0 aliphatic carbocycles. The number of nitrogens with one attached hydrogen (secondary N) is 2. The van der Waals surface area contributed by atoms with E-state index in [1.807, 2.05) is 30.5 Å². The van der Waals surface area contributed by atoms with Crippen LogP contribution in [0.3, 0.4) is 0 Å². The Labute approximate surface area is 125 Å². The van der Waals surface area contributed by atoms with Crippen molar-refractivity contribution in [1.29, 1.82) is 0 Å². The van der Waals surface area contributed by atoms with Gasteiger partial charge in [-0.3, -0.25) is 0 Å². The molecule has 0 bridgehead atoms. The minimum atomic E-state index is -0.562. The number of anilines is 2. The number of thiocarbonyl (C=S) groups is 1. The van der Waals surface area contributed by atoms with Crippen molar-refractivity contribution in [2.75, 3.05) is 16.9 Å². The Morgan fingerprint density at radius 1 is 1.10 bits per heavy atom. The number of thioether (sulfide) groups is 1. The molecule has 0 radical (unpaired) electrons. The van der Waals surface area contributed by atoms with Crippen LogP contribution in [0.15, 0.2) is 47.4 Å². The second-order valence-corrected chi connectivity index (χ2v) is 5.22. The maximum absolute atomic E-state index is 13.5. The highest BCUT2D eigenvalue weighted by molar-refractivity contribution is 7.98. The first-order chi connectivity index (χ1) is 9.58. The van der Waals surface area contributed by atoms with E-state index in [1.54, 1.807) is 11.8 Å². The fraction of sp³-hybridized carbons (Fsp3) is 0.0714. The summed E-state index contributed by atoms with van der Waals surface area (Å²) in [6.07, 6.45) is 1.97.